The van der Waals surface area contributed by atoms with Crippen LogP contribution >= 0.6 is 0 Å². The lowest BCUT2D eigenvalue weighted by Gasteiger charge is -2.40. The van der Waals surface area contributed by atoms with E-state index in [9.17, 15) is 0 Å². The van der Waals surface area contributed by atoms with Gasteiger partial charge in [0.25, 0.3) is 0 Å². The van der Waals surface area contributed by atoms with Crippen molar-refractivity contribution >= 4 is 5.69 Å². The molecule has 2 fully saturated rings. The number of morpholine rings is 1. The molecule has 0 radical (unpaired) electrons. The normalized spacial score (nSPS) is 19.3. The van der Waals surface area contributed by atoms with Crippen LogP contribution in [0.1, 0.15) is 46.2 Å². The maximum absolute atomic E-state index is 5.43. The van der Waals surface area contributed by atoms with E-state index in [4.69, 9.17) is 4.74 Å². The van der Waals surface area contributed by atoms with E-state index in [1.165, 1.54) is 18.5 Å². The molecule has 0 aromatic carbocycles. The molecule has 4 heteroatoms. The first-order chi connectivity index (χ1) is 11.3. The molecule has 0 amide bonds. The third-order valence-electron chi connectivity index (χ3n) is 4.29. The molecule has 2 aliphatic heterocycles. The predicted octanol–water partition coefficient (Wildman–Crippen LogP) is 3.74. The van der Waals surface area contributed by atoms with Gasteiger partial charge >= 0.3 is 0 Å². The van der Waals surface area contributed by atoms with Gasteiger partial charge in [-0.1, -0.05) is 27.7 Å². The lowest BCUT2D eigenvalue weighted by molar-refractivity contribution is 0.0115. The zero-order valence-corrected chi connectivity index (χ0v) is 15.7. The van der Waals surface area contributed by atoms with Crippen molar-refractivity contribution in [3.8, 4) is 0 Å². The number of ether oxygens (including phenoxy) is 1. The van der Waals surface area contributed by atoms with E-state index in [1.807, 2.05) is 40.8 Å². The molecule has 0 bridgehead atoms. The minimum absolute atomic E-state index is 0.749. The van der Waals surface area contributed by atoms with Crippen LogP contribution in [0.15, 0.2) is 18.3 Å². The van der Waals surface area contributed by atoms with Crippen molar-refractivity contribution in [3.63, 3.8) is 0 Å². The Kier molecular flexibility index (Phi) is 9.88. The van der Waals surface area contributed by atoms with Crippen LogP contribution in [0.4, 0.5) is 5.69 Å². The molecule has 0 spiro atoms. The summed E-state index contributed by atoms with van der Waals surface area (Å²) >= 11 is 0. The standard InChI is InChI=1S/C15H23N3O.2C2H6/c1-13-2-3-15(12-16-13)17-6-4-14(5-7-17)18-8-10-19-11-9-18;2*1-2/h2-3,12,14H,4-11H2,1H3;2*1-2H3. The van der Waals surface area contributed by atoms with Gasteiger partial charge in [0.2, 0.25) is 0 Å². The molecule has 0 saturated carbocycles. The van der Waals surface area contributed by atoms with Gasteiger partial charge in [0, 0.05) is 37.9 Å². The predicted molar refractivity (Wildman–Crippen MR) is 99.3 cm³/mol. The number of hydrogen-bond acceptors (Lipinski definition) is 4. The van der Waals surface area contributed by atoms with Crippen molar-refractivity contribution in [1.29, 1.82) is 0 Å². The maximum atomic E-state index is 5.43. The molecule has 0 aliphatic carbocycles. The van der Waals surface area contributed by atoms with Gasteiger partial charge in [0.1, 0.15) is 0 Å². The van der Waals surface area contributed by atoms with Crippen molar-refractivity contribution in [3.05, 3.63) is 24.0 Å². The molecule has 132 valence electrons. The second kappa shape index (κ2) is 11.4. The molecule has 0 atom stereocenters. The van der Waals surface area contributed by atoms with Crippen LogP contribution < -0.4 is 4.90 Å². The molecular formula is C19H35N3O. The lowest BCUT2D eigenvalue weighted by Crippen LogP contribution is -2.49. The summed E-state index contributed by atoms with van der Waals surface area (Å²) in [6.07, 6.45) is 4.52. The van der Waals surface area contributed by atoms with Crippen LogP contribution in [-0.4, -0.2) is 55.3 Å². The smallest absolute Gasteiger partial charge is 0.0594 e. The highest BCUT2D eigenvalue weighted by Crippen LogP contribution is 2.22. The van der Waals surface area contributed by atoms with Gasteiger partial charge in [-0.15, -0.1) is 0 Å². The molecule has 1 aromatic heterocycles. The van der Waals surface area contributed by atoms with Gasteiger partial charge in [-0.3, -0.25) is 9.88 Å². The van der Waals surface area contributed by atoms with Gasteiger partial charge in [-0.25, -0.2) is 0 Å². The summed E-state index contributed by atoms with van der Waals surface area (Å²) in [5.74, 6) is 0. The number of aromatic nitrogens is 1. The zero-order chi connectivity index (χ0) is 17.1. The molecule has 2 saturated heterocycles. The molecule has 3 heterocycles. The molecule has 3 rings (SSSR count). The minimum Gasteiger partial charge on any atom is -0.379 e. The Hall–Kier alpha value is -1.13. The molecule has 23 heavy (non-hydrogen) atoms. The van der Waals surface area contributed by atoms with Gasteiger partial charge in [-0.05, 0) is 31.9 Å². The third-order valence-corrected chi connectivity index (χ3v) is 4.29. The Bertz CT molecular complexity index is 394. The topological polar surface area (TPSA) is 28.6 Å². The number of anilines is 1. The fraction of sp³-hybridized carbons (Fsp3) is 0.737. The molecular weight excluding hydrogens is 286 g/mol. The van der Waals surface area contributed by atoms with E-state index < -0.39 is 0 Å². The Morgan fingerprint density at radius 2 is 1.57 bits per heavy atom. The van der Waals surface area contributed by atoms with E-state index in [0.29, 0.717) is 0 Å². The number of aryl methyl sites for hydroxylation is 1. The van der Waals surface area contributed by atoms with Gasteiger partial charge in [-0.2, -0.15) is 0 Å². The van der Waals surface area contributed by atoms with E-state index in [-0.39, 0.29) is 0 Å². The molecule has 0 unspecified atom stereocenters. The quantitative estimate of drug-likeness (QED) is 0.829. The molecule has 2 aliphatic rings. The molecule has 0 N–H and O–H groups in total. The summed E-state index contributed by atoms with van der Waals surface area (Å²) in [6, 6.07) is 5.04. The largest absolute Gasteiger partial charge is 0.379 e. The lowest BCUT2D eigenvalue weighted by atomic mass is 10.0. The summed E-state index contributed by atoms with van der Waals surface area (Å²) in [4.78, 5) is 9.46. The monoisotopic (exact) mass is 321 g/mol. The summed E-state index contributed by atoms with van der Waals surface area (Å²) < 4.78 is 5.43. The van der Waals surface area contributed by atoms with Crippen LogP contribution in [0.5, 0.6) is 0 Å². The van der Waals surface area contributed by atoms with Gasteiger partial charge in [0.05, 0.1) is 25.1 Å². The average molecular weight is 322 g/mol. The van der Waals surface area contributed by atoms with Crippen molar-refractivity contribution < 1.29 is 4.74 Å². The van der Waals surface area contributed by atoms with Gasteiger partial charge < -0.3 is 9.64 Å². The molecule has 4 nitrogen and oxygen atoms in total. The van der Waals surface area contributed by atoms with Crippen LogP contribution in [0, 0.1) is 6.92 Å². The fourth-order valence-electron chi connectivity index (χ4n) is 3.08. The van der Waals surface area contributed by atoms with E-state index in [2.05, 4.69) is 26.9 Å². The van der Waals surface area contributed by atoms with Crippen molar-refractivity contribution in [2.75, 3.05) is 44.3 Å². The number of pyridine rings is 1. The second-order valence-electron chi connectivity index (χ2n) is 5.52. The highest BCUT2D eigenvalue weighted by atomic mass is 16.5. The Morgan fingerprint density at radius 3 is 2.09 bits per heavy atom. The fourth-order valence-corrected chi connectivity index (χ4v) is 3.08. The number of rotatable bonds is 2. The highest BCUT2D eigenvalue weighted by Gasteiger charge is 2.25. The SMILES string of the molecule is CC.CC.Cc1ccc(N2CCC(N3CCOCC3)CC2)cn1. The van der Waals surface area contributed by atoms with Crippen molar-refractivity contribution in [2.24, 2.45) is 0 Å². The summed E-state index contributed by atoms with van der Waals surface area (Å²) in [5.41, 5.74) is 2.36. The Labute approximate surface area is 142 Å². The van der Waals surface area contributed by atoms with Crippen LogP contribution in [0.3, 0.4) is 0 Å². The second-order valence-corrected chi connectivity index (χ2v) is 5.52. The van der Waals surface area contributed by atoms with Crippen LogP contribution in [-0.2, 0) is 4.74 Å². The maximum Gasteiger partial charge on any atom is 0.0594 e. The zero-order valence-electron chi connectivity index (χ0n) is 15.7. The first-order valence-corrected chi connectivity index (χ1v) is 9.32. The van der Waals surface area contributed by atoms with Crippen LogP contribution in [0.2, 0.25) is 0 Å². The van der Waals surface area contributed by atoms with E-state index in [1.54, 1.807) is 0 Å². The van der Waals surface area contributed by atoms with E-state index in [0.717, 1.165) is 51.1 Å². The van der Waals surface area contributed by atoms with Crippen LogP contribution in [0.25, 0.3) is 0 Å². The average Bonchev–Trinajstić information content (AvgIpc) is 2.67. The Morgan fingerprint density at radius 1 is 0.957 bits per heavy atom. The third kappa shape index (κ3) is 6.11. The number of nitrogens with zero attached hydrogens (tertiary/aromatic N) is 3. The highest BCUT2D eigenvalue weighted by molar-refractivity contribution is 5.44. The van der Waals surface area contributed by atoms with E-state index >= 15 is 0 Å². The van der Waals surface area contributed by atoms with Gasteiger partial charge in [0.15, 0.2) is 0 Å². The number of piperidine rings is 1. The summed E-state index contributed by atoms with van der Waals surface area (Å²) in [5, 5.41) is 0. The molecule has 1 aromatic rings. The summed E-state index contributed by atoms with van der Waals surface area (Å²) in [6.45, 7) is 16.4. The minimum atomic E-state index is 0.749. The van der Waals surface area contributed by atoms with Crippen molar-refractivity contribution in [2.45, 2.75) is 53.5 Å². The summed E-state index contributed by atoms with van der Waals surface area (Å²) in [7, 11) is 0. The Balaban J connectivity index is 0.000000615. The first kappa shape index (κ1) is 19.9. The first-order valence-electron chi connectivity index (χ1n) is 9.32. The number of hydrogen-bond donors (Lipinski definition) is 0. The van der Waals surface area contributed by atoms with Crippen molar-refractivity contribution in [1.82, 2.24) is 9.88 Å².